The van der Waals surface area contributed by atoms with E-state index in [9.17, 15) is 14.9 Å². The van der Waals surface area contributed by atoms with Crippen LogP contribution in [0.25, 0.3) is 11.4 Å². The lowest BCUT2D eigenvalue weighted by Gasteiger charge is -2.23. The third-order valence-corrected chi connectivity index (χ3v) is 6.44. The standard InChI is InChI=1S/C24H27ClN6O3/c1-3-29(4-2)21-12-10-17(31(33)34)15-19(21)24(32)26-16-9-11-20(25)18(14-16)23-28-27-22-8-6-5-7-13-30(22)23/h9-12,14-15H,3-8,13H2,1-2H3,(H,26,32). The summed E-state index contributed by atoms with van der Waals surface area (Å²) in [6.07, 6.45) is 4.15. The summed E-state index contributed by atoms with van der Waals surface area (Å²) in [5.74, 6) is 1.19. The smallest absolute Gasteiger partial charge is 0.270 e. The molecule has 10 heteroatoms. The number of carbonyl (C=O) groups excluding carboxylic acids is 1. The van der Waals surface area contributed by atoms with Gasteiger partial charge in [-0.3, -0.25) is 14.9 Å². The van der Waals surface area contributed by atoms with Crippen molar-refractivity contribution in [2.45, 2.75) is 46.1 Å². The van der Waals surface area contributed by atoms with E-state index in [4.69, 9.17) is 11.6 Å². The van der Waals surface area contributed by atoms with Crippen LogP contribution >= 0.6 is 11.6 Å². The summed E-state index contributed by atoms with van der Waals surface area (Å²) in [5.41, 5.74) is 1.95. The van der Waals surface area contributed by atoms with E-state index in [1.54, 1.807) is 24.3 Å². The number of fused-ring (bicyclic) bond motifs is 1. The summed E-state index contributed by atoms with van der Waals surface area (Å²) < 4.78 is 2.10. The van der Waals surface area contributed by atoms with Crippen molar-refractivity contribution in [1.82, 2.24) is 14.8 Å². The second-order valence-corrected chi connectivity index (χ2v) is 8.59. The quantitative estimate of drug-likeness (QED) is 0.360. The molecule has 178 valence electrons. The highest BCUT2D eigenvalue weighted by molar-refractivity contribution is 6.33. The number of non-ortho nitro benzene ring substituents is 1. The predicted molar refractivity (Wildman–Crippen MR) is 133 cm³/mol. The minimum absolute atomic E-state index is 0.135. The zero-order valence-electron chi connectivity index (χ0n) is 19.3. The van der Waals surface area contributed by atoms with E-state index in [0.717, 1.165) is 38.1 Å². The molecule has 0 unspecified atom stereocenters. The summed E-state index contributed by atoms with van der Waals surface area (Å²) >= 11 is 6.51. The molecule has 1 aromatic heterocycles. The first kappa shape index (κ1) is 23.7. The van der Waals surface area contributed by atoms with Crippen LogP contribution in [0.1, 0.15) is 49.3 Å². The lowest BCUT2D eigenvalue weighted by molar-refractivity contribution is -0.384. The number of nitrogens with zero attached hydrogens (tertiary/aromatic N) is 5. The maximum atomic E-state index is 13.3. The number of hydrogen-bond acceptors (Lipinski definition) is 6. The van der Waals surface area contributed by atoms with Gasteiger partial charge in [0.15, 0.2) is 5.82 Å². The predicted octanol–water partition coefficient (Wildman–Crippen LogP) is 5.33. The largest absolute Gasteiger partial charge is 0.371 e. The van der Waals surface area contributed by atoms with Crippen LogP contribution in [0.15, 0.2) is 36.4 Å². The molecular weight excluding hydrogens is 456 g/mol. The van der Waals surface area contributed by atoms with Crippen molar-refractivity contribution in [1.29, 1.82) is 0 Å². The molecule has 2 heterocycles. The van der Waals surface area contributed by atoms with Crippen molar-refractivity contribution in [2.24, 2.45) is 0 Å². The van der Waals surface area contributed by atoms with Crippen LogP contribution in [0, 0.1) is 10.1 Å². The molecule has 0 saturated heterocycles. The highest BCUT2D eigenvalue weighted by Gasteiger charge is 2.22. The van der Waals surface area contributed by atoms with Gasteiger partial charge in [-0.25, -0.2) is 0 Å². The van der Waals surface area contributed by atoms with Crippen molar-refractivity contribution in [3.05, 3.63) is 62.9 Å². The molecule has 0 aliphatic carbocycles. The van der Waals surface area contributed by atoms with Crippen molar-refractivity contribution in [2.75, 3.05) is 23.3 Å². The molecule has 0 radical (unpaired) electrons. The van der Waals surface area contributed by atoms with Crippen LogP contribution in [0.2, 0.25) is 5.02 Å². The maximum absolute atomic E-state index is 13.3. The van der Waals surface area contributed by atoms with E-state index in [-0.39, 0.29) is 11.3 Å². The van der Waals surface area contributed by atoms with Crippen LogP contribution in [0.3, 0.4) is 0 Å². The molecule has 1 aliphatic heterocycles. The zero-order chi connectivity index (χ0) is 24.2. The summed E-state index contributed by atoms with van der Waals surface area (Å²) in [5, 5.41) is 23.5. The average Bonchev–Trinajstić information content (AvgIpc) is 3.08. The molecule has 3 aromatic rings. The molecule has 4 rings (SSSR count). The van der Waals surface area contributed by atoms with Gasteiger partial charge < -0.3 is 14.8 Å². The lowest BCUT2D eigenvalue weighted by atomic mass is 10.1. The Hall–Kier alpha value is -3.46. The number of nitro benzene ring substituents is 1. The first-order valence-corrected chi connectivity index (χ1v) is 11.9. The fraction of sp³-hybridized carbons (Fsp3) is 0.375. The molecule has 2 aromatic carbocycles. The maximum Gasteiger partial charge on any atom is 0.270 e. The molecule has 0 spiro atoms. The second kappa shape index (κ2) is 10.2. The van der Waals surface area contributed by atoms with Crippen LogP contribution in [0.5, 0.6) is 0 Å². The van der Waals surface area contributed by atoms with Gasteiger partial charge in [0.1, 0.15) is 5.82 Å². The monoisotopic (exact) mass is 482 g/mol. The van der Waals surface area contributed by atoms with E-state index in [1.165, 1.54) is 12.1 Å². The molecule has 0 saturated carbocycles. The van der Waals surface area contributed by atoms with Crippen LogP contribution < -0.4 is 10.2 Å². The van der Waals surface area contributed by atoms with Crippen molar-refractivity contribution < 1.29 is 9.72 Å². The minimum Gasteiger partial charge on any atom is -0.371 e. The molecule has 34 heavy (non-hydrogen) atoms. The second-order valence-electron chi connectivity index (χ2n) is 8.18. The number of hydrogen-bond donors (Lipinski definition) is 1. The van der Waals surface area contributed by atoms with Crippen molar-refractivity contribution in [3.63, 3.8) is 0 Å². The topological polar surface area (TPSA) is 106 Å². The van der Waals surface area contributed by atoms with Gasteiger partial charge in [0, 0.05) is 49.4 Å². The highest BCUT2D eigenvalue weighted by atomic mass is 35.5. The Labute approximate surface area is 202 Å². The SMILES string of the molecule is CCN(CC)c1ccc([N+](=O)[O-])cc1C(=O)Nc1ccc(Cl)c(-c2nnc3n2CCCCC3)c1. The van der Waals surface area contributed by atoms with Gasteiger partial charge in [0.2, 0.25) is 0 Å². The van der Waals surface area contributed by atoms with Crippen LogP contribution in [0.4, 0.5) is 17.1 Å². The molecular formula is C24H27ClN6O3. The molecule has 0 fully saturated rings. The Bertz CT molecular complexity index is 1220. The Morgan fingerprint density at radius 1 is 1.15 bits per heavy atom. The Morgan fingerprint density at radius 2 is 1.94 bits per heavy atom. The molecule has 0 bridgehead atoms. The van der Waals surface area contributed by atoms with Gasteiger partial charge in [0.05, 0.1) is 21.2 Å². The Balaban J connectivity index is 1.68. The fourth-order valence-electron chi connectivity index (χ4n) is 4.32. The number of benzene rings is 2. The van der Waals surface area contributed by atoms with Gasteiger partial charge in [-0.2, -0.15) is 0 Å². The van der Waals surface area contributed by atoms with E-state index in [2.05, 4.69) is 20.1 Å². The van der Waals surface area contributed by atoms with Gasteiger partial charge in [0.25, 0.3) is 11.6 Å². The van der Waals surface area contributed by atoms with E-state index < -0.39 is 10.8 Å². The number of aromatic nitrogens is 3. The third-order valence-electron chi connectivity index (χ3n) is 6.11. The van der Waals surface area contributed by atoms with Gasteiger partial charge in [-0.1, -0.05) is 18.0 Å². The molecule has 1 N–H and O–H groups in total. The van der Waals surface area contributed by atoms with E-state index >= 15 is 0 Å². The lowest BCUT2D eigenvalue weighted by Crippen LogP contribution is -2.25. The third kappa shape index (κ3) is 4.75. The first-order chi connectivity index (χ1) is 16.4. The Kier molecular flexibility index (Phi) is 7.12. The van der Waals surface area contributed by atoms with Crippen molar-refractivity contribution in [3.8, 4) is 11.4 Å². The average molecular weight is 483 g/mol. The number of anilines is 2. The van der Waals surface area contributed by atoms with Gasteiger partial charge in [-0.15, -0.1) is 10.2 Å². The number of halogens is 1. The van der Waals surface area contributed by atoms with Crippen molar-refractivity contribution >= 4 is 34.6 Å². The van der Waals surface area contributed by atoms with Crippen LogP contribution in [-0.2, 0) is 13.0 Å². The highest BCUT2D eigenvalue weighted by Crippen LogP contribution is 2.32. The number of aryl methyl sites for hydroxylation is 1. The molecule has 1 amide bonds. The zero-order valence-corrected chi connectivity index (χ0v) is 20.0. The van der Waals surface area contributed by atoms with Gasteiger partial charge in [-0.05, 0) is 51.0 Å². The van der Waals surface area contributed by atoms with E-state index in [0.29, 0.717) is 40.9 Å². The number of carbonyl (C=O) groups is 1. The number of amides is 1. The summed E-state index contributed by atoms with van der Waals surface area (Å²) in [4.78, 5) is 26.1. The molecule has 9 nitrogen and oxygen atoms in total. The number of nitro groups is 1. The summed E-state index contributed by atoms with van der Waals surface area (Å²) in [6, 6.07) is 9.55. The molecule has 0 atom stereocenters. The normalized spacial score (nSPS) is 13.1. The Morgan fingerprint density at radius 3 is 2.68 bits per heavy atom. The fourth-order valence-corrected chi connectivity index (χ4v) is 4.52. The van der Waals surface area contributed by atoms with E-state index in [1.807, 2.05) is 18.7 Å². The number of rotatable bonds is 7. The van der Waals surface area contributed by atoms with Gasteiger partial charge >= 0.3 is 0 Å². The summed E-state index contributed by atoms with van der Waals surface area (Å²) in [6.45, 7) is 6.10. The molecule has 1 aliphatic rings. The first-order valence-electron chi connectivity index (χ1n) is 11.5. The minimum atomic E-state index is -0.500. The van der Waals surface area contributed by atoms with Crippen LogP contribution in [-0.4, -0.2) is 38.7 Å². The summed E-state index contributed by atoms with van der Waals surface area (Å²) in [7, 11) is 0. The number of nitrogens with one attached hydrogen (secondary N) is 1.